The van der Waals surface area contributed by atoms with Crippen molar-refractivity contribution in [2.75, 3.05) is 37.9 Å². The number of carboxylic acids is 1. The maximum atomic E-state index is 12.9. The first kappa shape index (κ1) is 30.6. The maximum absolute atomic E-state index is 12.9. The van der Waals surface area contributed by atoms with Gasteiger partial charge < -0.3 is 25.6 Å². The first-order valence-electron chi connectivity index (χ1n) is 12.7. The molecule has 1 unspecified atom stereocenters. The molecule has 0 spiro atoms. The fraction of sp³-hybridized carbons (Fsp3) is 0.393. The van der Waals surface area contributed by atoms with Gasteiger partial charge in [-0.2, -0.15) is 0 Å². The molecule has 1 aliphatic rings. The highest BCUT2D eigenvalue weighted by atomic mass is 32.1. The Morgan fingerprint density at radius 2 is 1.76 bits per heavy atom. The normalized spacial score (nSPS) is 13.3. The number of carbonyl (C=O) groups is 2. The van der Waals surface area contributed by atoms with Crippen LogP contribution in [0.2, 0.25) is 0 Å². The van der Waals surface area contributed by atoms with Gasteiger partial charge in [0.25, 0.3) is 5.97 Å². The van der Waals surface area contributed by atoms with Crippen LogP contribution in [0.1, 0.15) is 55.8 Å². The number of aromatic nitrogens is 1. The number of ketones is 1. The van der Waals surface area contributed by atoms with Crippen molar-refractivity contribution in [2.45, 2.75) is 46.6 Å². The molecule has 0 bridgehead atoms. The molecule has 2 heterocycles. The summed E-state index contributed by atoms with van der Waals surface area (Å²) in [4.78, 5) is 29.0. The lowest BCUT2D eigenvalue weighted by Crippen LogP contribution is -2.34. The molecular formula is C28H38N4O5S. The van der Waals surface area contributed by atoms with Crippen LogP contribution in [-0.4, -0.2) is 59.6 Å². The Morgan fingerprint density at radius 1 is 1.13 bits per heavy atom. The summed E-state index contributed by atoms with van der Waals surface area (Å²) in [5, 5.41) is 11.2. The van der Waals surface area contributed by atoms with Gasteiger partial charge in [-0.25, -0.2) is 4.98 Å². The molecule has 0 aliphatic carbocycles. The summed E-state index contributed by atoms with van der Waals surface area (Å²) in [6.07, 6.45) is 2.55. The molecule has 3 aromatic rings. The molecule has 0 amide bonds. The van der Waals surface area contributed by atoms with E-state index in [4.69, 9.17) is 25.1 Å². The predicted molar refractivity (Wildman–Crippen MR) is 153 cm³/mol. The second-order valence-electron chi connectivity index (χ2n) is 8.37. The lowest BCUT2D eigenvalue weighted by molar-refractivity contribution is -0.134. The predicted octanol–water partition coefficient (Wildman–Crippen LogP) is 5.69. The zero-order valence-corrected chi connectivity index (χ0v) is 23.5. The van der Waals surface area contributed by atoms with Crippen molar-refractivity contribution in [3.8, 4) is 11.5 Å². The average Bonchev–Trinajstić information content (AvgIpc) is 3.59. The number of nitrogens with zero attached hydrogens (tertiary/aromatic N) is 2. The van der Waals surface area contributed by atoms with Crippen LogP contribution in [0, 0.1) is 0 Å². The van der Waals surface area contributed by atoms with Crippen molar-refractivity contribution < 1.29 is 24.2 Å². The Kier molecular flexibility index (Phi) is 12.5. The van der Waals surface area contributed by atoms with Crippen LogP contribution in [0.15, 0.2) is 48.5 Å². The first-order valence-corrected chi connectivity index (χ1v) is 13.5. The monoisotopic (exact) mass is 542 g/mol. The van der Waals surface area contributed by atoms with Gasteiger partial charge in [-0.3, -0.25) is 14.5 Å². The summed E-state index contributed by atoms with van der Waals surface area (Å²) in [6.45, 7) is 10.3. The van der Waals surface area contributed by atoms with Crippen molar-refractivity contribution in [1.82, 2.24) is 9.88 Å². The number of thiazole rings is 1. The molecule has 1 fully saturated rings. The fourth-order valence-electron chi connectivity index (χ4n) is 3.71. The molecule has 1 aromatic heterocycles. The molecule has 206 valence electrons. The molecule has 1 aliphatic heterocycles. The number of benzene rings is 2. The van der Waals surface area contributed by atoms with E-state index in [0.717, 1.165) is 31.5 Å². The van der Waals surface area contributed by atoms with E-state index in [2.05, 4.69) is 22.1 Å². The van der Waals surface area contributed by atoms with Crippen LogP contribution in [0.3, 0.4) is 0 Å². The minimum Gasteiger partial charge on any atom is -0.497 e. The number of nitrogens with one attached hydrogen (secondary N) is 1. The number of aliphatic carboxylic acids is 1. The van der Waals surface area contributed by atoms with Crippen molar-refractivity contribution in [3.05, 3.63) is 59.0 Å². The highest BCUT2D eigenvalue weighted by Crippen LogP contribution is 2.31. The number of hydrogen-bond donors (Lipinski definition) is 3. The number of rotatable bonds is 9. The third-order valence-electron chi connectivity index (χ3n) is 5.55. The molecule has 1 saturated heterocycles. The van der Waals surface area contributed by atoms with Gasteiger partial charge in [0, 0.05) is 24.2 Å². The summed E-state index contributed by atoms with van der Waals surface area (Å²) < 4.78 is 11.2. The number of methoxy groups -OCH3 is 1. The number of anilines is 3. The van der Waals surface area contributed by atoms with E-state index in [-0.39, 0.29) is 11.6 Å². The van der Waals surface area contributed by atoms with Crippen LogP contribution in [0.4, 0.5) is 16.6 Å². The molecular weight excluding hydrogens is 504 g/mol. The van der Waals surface area contributed by atoms with Crippen LogP contribution >= 0.6 is 11.3 Å². The Labute approximate surface area is 228 Å². The fourth-order valence-corrected chi connectivity index (χ4v) is 4.57. The van der Waals surface area contributed by atoms with Gasteiger partial charge in [0.15, 0.2) is 5.13 Å². The van der Waals surface area contributed by atoms with Crippen molar-refractivity contribution in [1.29, 1.82) is 0 Å². The molecule has 4 N–H and O–H groups in total. The third-order valence-corrected chi connectivity index (χ3v) is 6.54. The largest absolute Gasteiger partial charge is 0.497 e. The van der Waals surface area contributed by atoms with Crippen molar-refractivity contribution in [3.63, 3.8) is 0 Å². The van der Waals surface area contributed by atoms with E-state index in [1.54, 1.807) is 31.4 Å². The number of nitrogens with two attached hydrogens (primary N) is 1. The minimum absolute atomic E-state index is 0.178. The van der Waals surface area contributed by atoms with E-state index in [1.807, 2.05) is 38.1 Å². The van der Waals surface area contributed by atoms with E-state index >= 15 is 0 Å². The number of nitrogen functional groups attached to an aromatic ring is 1. The maximum Gasteiger partial charge on any atom is 0.300 e. The number of likely N-dealkylation sites (tertiary alicyclic amines) is 1. The minimum atomic E-state index is -0.833. The van der Waals surface area contributed by atoms with Gasteiger partial charge in [-0.1, -0.05) is 37.3 Å². The van der Waals surface area contributed by atoms with Gasteiger partial charge in [0.2, 0.25) is 5.78 Å². The van der Waals surface area contributed by atoms with E-state index in [9.17, 15) is 4.79 Å². The van der Waals surface area contributed by atoms with Gasteiger partial charge in [0.1, 0.15) is 28.8 Å². The number of hydrogen-bond acceptors (Lipinski definition) is 9. The van der Waals surface area contributed by atoms with Crippen LogP contribution < -0.4 is 20.5 Å². The van der Waals surface area contributed by atoms with Crippen LogP contribution in [0.5, 0.6) is 11.5 Å². The summed E-state index contributed by atoms with van der Waals surface area (Å²) >= 11 is 1.23. The van der Waals surface area contributed by atoms with Gasteiger partial charge in [-0.15, -0.1) is 0 Å². The molecule has 38 heavy (non-hydrogen) atoms. The summed E-state index contributed by atoms with van der Waals surface area (Å²) in [5.74, 6) is 0.646. The van der Waals surface area contributed by atoms with Crippen molar-refractivity contribution >= 4 is 39.7 Å². The smallest absolute Gasteiger partial charge is 0.300 e. The quantitative estimate of drug-likeness (QED) is 0.292. The van der Waals surface area contributed by atoms with E-state index < -0.39 is 5.97 Å². The third kappa shape index (κ3) is 9.35. The van der Waals surface area contributed by atoms with Gasteiger partial charge in [-0.05, 0) is 69.3 Å². The highest BCUT2D eigenvalue weighted by molar-refractivity contribution is 7.18. The van der Waals surface area contributed by atoms with E-state index in [0.29, 0.717) is 34.0 Å². The molecule has 9 nitrogen and oxygen atoms in total. The van der Waals surface area contributed by atoms with Crippen LogP contribution in [-0.2, 0) is 4.79 Å². The summed E-state index contributed by atoms with van der Waals surface area (Å²) in [7, 11) is 1.57. The second kappa shape index (κ2) is 15.6. The lowest BCUT2D eigenvalue weighted by Gasteiger charge is -2.23. The topological polar surface area (TPSA) is 127 Å². The standard InChI is InChI=1S/C24H28N4O3S.C2H4O2.C2H6/c1-16(28-12-3-4-13-28)15-31-19-10-8-18(9-11-19)26-24-27-23(25)22(32-24)21(29)17-6-5-7-20(14-17)30-2;1-2(3)4;1-2/h5-11,14,16H,3-4,12-13,15,25H2,1-2H3,(H,26,27);1H3,(H,3,4);1-2H3. The lowest BCUT2D eigenvalue weighted by atomic mass is 10.1. The van der Waals surface area contributed by atoms with Crippen molar-refractivity contribution in [2.24, 2.45) is 0 Å². The van der Waals surface area contributed by atoms with Gasteiger partial charge in [0.05, 0.1) is 7.11 Å². The van der Waals surface area contributed by atoms with E-state index in [1.165, 1.54) is 24.2 Å². The number of carboxylic acid groups (broad SMARTS) is 1. The summed E-state index contributed by atoms with van der Waals surface area (Å²) in [5.41, 5.74) is 7.39. The number of ether oxygens (including phenoxy) is 2. The molecule has 10 heteroatoms. The highest BCUT2D eigenvalue weighted by Gasteiger charge is 2.19. The summed E-state index contributed by atoms with van der Waals surface area (Å²) in [6, 6.07) is 15.1. The number of carbonyl (C=O) groups excluding carboxylic acids is 1. The second-order valence-corrected chi connectivity index (χ2v) is 9.37. The molecule has 4 rings (SSSR count). The van der Waals surface area contributed by atoms with Crippen LogP contribution in [0.25, 0.3) is 0 Å². The Morgan fingerprint density at radius 3 is 2.37 bits per heavy atom. The zero-order valence-electron chi connectivity index (χ0n) is 22.7. The Balaban J connectivity index is 0.000000773. The molecule has 1 atom stereocenters. The molecule has 2 aromatic carbocycles. The van der Waals surface area contributed by atoms with Gasteiger partial charge >= 0.3 is 0 Å². The SMILES string of the molecule is CC.CC(=O)O.COc1cccc(C(=O)c2sc(Nc3ccc(OCC(C)N4CCCC4)cc3)nc2N)c1. The Hall–Kier alpha value is -3.63. The molecule has 0 saturated carbocycles. The Bertz CT molecular complexity index is 1160. The first-order chi connectivity index (χ1) is 18.3. The zero-order chi connectivity index (χ0) is 28.1. The average molecular weight is 543 g/mol. The molecule has 0 radical (unpaired) electrons.